The van der Waals surface area contributed by atoms with Gasteiger partial charge in [-0.2, -0.15) is 18.3 Å². The van der Waals surface area contributed by atoms with E-state index in [-0.39, 0.29) is 40.3 Å². The highest BCUT2D eigenvalue weighted by molar-refractivity contribution is 7.19. The maximum absolute atomic E-state index is 14.2. The third kappa shape index (κ3) is 3.16. The van der Waals surface area contributed by atoms with Crippen LogP contribution in [0.25, 0.3) is 0 Å². The number of amides is 3. The zero-order chi connectivity index (χ0) is 21.1. The number of urea groups is 1. The Hall–Kier alpha value is -2.57. The van der Waals surface area contributed by atoms with Gasteiger partial charge in [-0.05, 0) is 18.9 Å². The minimum Gasteiger partial charge on any atom is -0.303 e. The molecule has 2 fully saturated rings. The predicted octanol–water partition coefficient (Wildman–Crippen LogP) is 2.21. The van der Waals surface area contributed by atoms with Gasteiger partial charge in [-0.25, -0.2) is 18.5 Å². The van der Waals surface area contributed by atoms with Gasteiger partial charge < -0.3 is 4.90 Å². The van der Waals surface area contributed by atoms with Crippen LogP contribution in [0.5, 0.6) is 0 Å². The molecule has 2 heterocycles. The average molecular weight is 428 g/mol. The maximum Gasteiger partial charge on any atom is 0.413 e. The van der Waals surface area contributed by atoms with Crippen LogP contribution in [0.3, 0.4) is 0 Å². The summed E-state index contributed by atoms with van der Waals surface area (Å²) < 4.78 is 68.9. The molecule has 0 bridgehead atoms. The van der Waals surface area contributed by atoms with E-state index < -0.39 is 46.9 Å². The first kappa shape index (κ1) is 19.7. The molecule has 4 rings (SSSR count). The van der Waals surface area contributed by atoms with E-state index in [1.807, 2.05) is 0 Å². The summed E-state index contributed by atoms with van der Waals surface area (Å²) in [6.45, 7) is -0.258. The molecule has 150 valence electrons. The largest absolute Gasteiger partial charge is 0.413 e. The number of rotatable bonds is 4. The predicted molar refractivity (Wildman–Crippen MR) is 90.2 cm³/mol. The van der Waals surface area contributed by atoms with Crippen LogP contribution in [-0.2, 0) is 11.3 Å². The van der Waals surface area contributed by atoms with Gasteiger partial charge in [-0.1, -0.05) is 6.07 Å². The Morgan fingerprint density at radius 3 is 2.41 bits per heavy atom. The fraction of sp³-hybridized carbons (Fsp3) is 0.375. The van der Waals surface area contributed by atoms with Crippen molar-refractivity contribution < 1.29 is 31.5 Å². The lowest BCUT2D eigenvalue weighted by molar-refractivity contribution is -0.183. The second-order valence-corrected chi connectivity index (χ2v) is 7.81. The van der Waals surface area contributed by atoms with Crippen LogP contribution in [0.15, 0.2) is 18.2 Å². The number of alkyl halides is 3. The maximum atomic E-state index is 14.2. The van der Waals surface area contributed by atoms with E-state index in [2.05, 4.69) is 10.2 Å². The summed E-state index contributed by atoms with van der Waals surface area (Å²) in [5, 5.41) is 7.55. The highest BCUT2D eigenvalue weighted by Gasteiger charge is 2.68. The fourth-order valence-electron chi connectivity index (χ4n) is 3.44. The Morgan fingerprint density at radius 2 is 1.90 bits per heavy atom. The number of carbonyl (C=O) groups is 2. The minimum atomic E-state index is -5.18. The molecular weight excluding hydrogens is 418 g/mol. The molecule has 1 aromatic carbocycles. The van der Waals surface area contributed by atoms with Gasteiger partial charge in [0.2, 0.25) is 0 Å². The fourth-order valence-corrected chi connectivity index (χ4v) is 4.04. The molecule has 3 amide bonds. The molecule has 13 heteroatoms. The van der Waals surface area contributed by atoms with E-state index in [9.17, 15) is 31.5 Å². The van der Waals surface area contributed by atoms with Crippen molar-refractivity contribution >= 4 is 36.0 Å². The average Bonchev–Trinajstić information content (AvgIpc) is 3.28. The van der Waals surface area contributed by atoms with Gasteiger partial charge in [-0.15, -0.1) is 16.4 Å². The standard InChI is InChI=1S/C16H10BF5N4O2S/c17-13-24-23-10(29-13)6-25-14(28)26(12(27)15(25)3-4-15)11(16(20,21)22)8-2-1-7(18)5-9(8)19/h1-2,5,11H,3-4,6H2. The van der Waals surface area contributed by atoms with Crippen LogP contribution in [0.1, 0.15) is 29.5 Å². The molecule has 1 saturated heterocycles. The van der Waals surface area contributed by atoms with E-state index in [4.69, 9.17) is 7.85 Å². The zero-order valence-corrected chi connectivity index (χ0v) is 15.2. The van der Waals surface area contributed by atoms with Gasteiger partial charge in [0.25, 0.3) is 5.91 Å². The normalized spacial score (nSPS) is 19.3. The molecule has 1 aliphatic heterocycles. The molecular formula is C16H10BF5N4O2S. The summed E-state index contributed by atoms with van der Waals surface area (Å²) in [4.78, 5) is 26.8. The van der Waals surface area contributed by atoms with E-state index in [0.29, 0.717) is 12.1 Å². The van der Waals surface area contributed by atoms with Gasteiger partial charge >= 0.3 is 12.2 Å². The molecule has 2 aliphatic rings. The molecule has 2 radical (unpaired) electrons. The molecule has 6 nitrogen and oxygen atoms in total. The number of hydrogen-bond donors (Lipinski definition) is 0. The molecule has 1 aliphatic carbocycles. The third-order valence-electron chi connectivity index (χ3n) is 4.90. The van der Waals surface area contributed by atoms with Crippen LogP contribution in [0.2, 0.25) is 0 Å². The van der Waals surface area contributed by atoms with Crippen LogP contribution in [0.4, 0.5) is 26.7 Å². The van der Waals surface area contributed by atoms with E-state index >= 15 is 0 Å². The number of imide groups is 1. The van der Waals surface area contributed by atoms with Crippen molar-refractivity contribution in [2.45, 2.75) is 37.1 Å². The van der Waals surface area contributed by atoms with E-state index in [1.54, 1.807) is 0 Å². The first-order valence-electron chi connectivity index (χ1n) is 8.29. The van der Waals surface area contributed by atoms with Crippen molar-refractivity contribution in [3.05, 3.63) is 40.4 Å². The Labute approximate surface area is 165 Å². The monoisotopic (exact) mass is 428 g/mol. The smallest absolute Gasteiger partial charge is 0.303 e. The SMILES string of the molecule is [B]c1nnc(CN2C(=O)N(C(c3ccc(F)cc3F)C(F)(F)F)C(=O)C23CC3)s1. The van der Waals surface area contributed by atoms with Gasteiger partial charge in [0.1, 0.15) is 22.2 Å². The topological polar surface area (TPSA) is 66.4 Å². The summed E-state index contributed by atoms with van der Waals surface area (Å²) in [5.74, 6) is -3.67. The summed E-state index contributed by atoms with van der Waals surface area (Å²) in [6, 6.07) is -2.63. The summed E-state index contributed by atoms with van der Waals surface area (Å²) in [5.41, 5.74) is -2.45. The third-order valence-corrected chi connectivity index (χ3v) is 5.63. The van der Waals surface area contributed by atoms with Gasteiger partial charge in [0, 0.05) is 11.6 Å². The van der Waals surface area contributed by atoms with E-state index in [0.717, 1.165) is 16.2 Å². The highest BCUT2D eigenvalue weighted by Crippen LogP contribution is 2.53. The van der Waals surface area contributed by atoms with Crippen molar-refractivity contribution in [3.8, 4) is 0 Å². The zero-order valence-electron chi connectivity index (χ0n) is 14.4. The second kappa shape index (κ2) is 6.47. The van der Waals surface area contributed by atoms with Crippen LogP contribution >= 0.6 is 11.3 Å². The van der Waals surface area contributed by atoms with Crippen LogP contribution < -0.4 is 4.91 Å². The molecule has 1 unspecified atom stereocenters. The number of benzene rings is 1. The molecule has 1 aromatic heterocycles. The quantitative estimate of drug-likeness (QED) is 0.426. The molecule has 1 atom stereocenters. The number of nitrogens with zero attached hydrogens (tertiary/aromatic N) is 4. The van der Waals surface area contributed by atoms with Gasteiger partial charge in [0.15, 0.2) is 13.9 Å². The molecule has 0 N–H and O–H groups in total. The lowest BCUT2D eigenvalue weighted by atomic mass is 10.0. The lowest BCUT2D eigenvalue weighted by Gasteiger charge is -2.28. The molecule has 2 aromatic rings. The molecule has 29 heavy (non-hydrogen) atoms. The molecule has 1 saturated carbocycles. The number of carbonyl (C=O) groups excluding carboxylic acids is 2. The van der Waals surface area contributed by atoms with Crippen molar-refractivity contribution in [1.82, 2.24) is 20.0 Å². The number of hydrogen-bond acceptors (Lipinski definition) is 5. The van der Waals surface area contributed by atoms with E-state index in [1.165, 1.54) is 0 Å². The number of halogens is 5. The molecule has 1 spiro atoms. The van der Waals surface area contributed by atoms with Crippen molar-refractivity contribution in [3.63, 3.8) is 0 Å². The Kier molecular flexibility index (Phi) is 4.41. The van der Waals surface area contributed by atoms with Gasteiger partial charge in [0.05, 0.1) is 11.5 Å². The Balaban J connectivity index is 1.75. The summed E-state index contributed by atoms with van der Waals surface area (Å²) >= 11 is 0.930. The second-order valence-electron chi connectivity index (χ2n) is 6.72. The number of aromatic nitrogens is 2. The Morgan fingerprint density at radius 1 is 1.21 bits per heavy atom. The summed E-state index contributed by atoms with van der Waals surface area (Å²) in [7, 11) is 5.48. The van der Waals surface area contributed by atoms with Crippen molar-refractivity contribution in [1.29, 1.82) is 0 Å². The summed E-state index contributed by atoms with van der Waals surface area (Å²) in [6.07, 6.45) is -4.85. The van der Waals surface area contributed by atoms with Gasteiger partial charge in [-0.3, -0.25) is 4.79 Å². The first-order chi connectivity index (χ1) is 13.5. The lowest BCUT2D eigenvalue weighted by Crippen LogP contribution is -2.43. The first-order valence-corrected chi connectivity index (χ1v) is 9.11. The van der Waals surface area contributed by atoms with Crippen LogP contribution in [-0.4, -0.2) is 51.5 Å². The van der Waals surface area contributed by atoms with Crippen molar-refractivity contribution in [2.24, 2.45) is 0 Å². The highest BCUT2D eigenvalue weighted by atomic mass is 32.1. The van der Waals surface area contributed by atoms with Crippen LogP contribution in [0, 0.1) is 11.6 Å². The van der Waals surface area contributed by atoms with Crippen molar-refractivity contribution in [2.75, 3.05) is 0 Å². The Bertz CT molecular complexity index is 1010. The minimum absolute atomic E-state index is 0.00765.